The number of rotatable bonds is 2. The number of benzene rings is 1. The lowest BCUT2D eigenvalue weighted by atomic mass is 9.94. The maximum atomic E-state index is 12.4. The van der Waals surface area contributed by atoms with E-state index >= 15 is 0 Å². The highest BCUT2D eigenvalue weighted by Crippen LogP contribution is 2.34. The monoisotopic (exact) mass is 356 g/mol. The highest BCUT2D eigenvalue weighted by Gasteiger charge is 2.32. The van der Waals surface area contributed by atoms with Crippen LogP contribution in [0.4, 0.5) is 0 Å². The predicted molar refractivity (Wildman–Crippen MR) is 102 cm³/mol. The Labute approximate surface area is 152 Å². The number of hydrazine groups is 1. The topological polar surface area (TPSA) is 56.7 Å². The van der Waals surface area contributed by atoms with Gasteiger partial charge in [0, 0.05) is 25.6 Å². The van der Waals surface area contributed by atoms with E-state index in [1.807, 2.05) is 18.2 Å². The Balaban J connectivity index is 1.46. The second kappa shape index (κ2) is 7.32. The third-order valence-electron chi connectivity index (χ3n) is 5.21. The fourth-order valence-corrected chi connectivity index (χ4v) is 4.61. The molecule has 0 aliphatic carbocycles. The van der Waals surface area contributed by atoms with Gasteiger partial charge in [0.1, 0.15) is 0 Å². The van der Waals surface area contributed by atoms with Crippen LogP contribution >= 0.6 is 11.8 Å². The Morgan fingerprint density at radius 2 is 2.00 bits per heavy atom. The van der Waals surface area contributed by atoms with Gasteiger partial charge in [-0.05, 0) is 36.1 Å². The molecule has 6 heteroatoms. The van der Waals surface area contributed by atoms with Crippen LogP contribution in [-0.2, 0) is 4.79 Å². The molecule has 3 heterocycles. The number of piperidine rings is 1. The largest absolute Gasteiger partial charge is 0.351 e. The van der Waals surface area contributed by atoms with E-state index in [9.17, 15) is 4.79 Å². The average Bonchev–Trinajstić information content (AvgIpc) is 3.24. The van der Waals surface area contributed by atoms with Crippen LogP contribution in [0, 0.1) is 11.8 Å². The molecule has 3 aliphatic rings. The summed E-state index contributed by atoms with van der Waals surface area (Å²) in [6, 6.07) is 10.5. The summed E-state index contributed by atoms with van der Waals surface area (Å²) in [5, 5.41) is 0.887. The normalized spacial score (nSPS) is 29.5. The van der Waals surface area contributed by atoms with Crippen molar-refractivity contribution in [2.24, 2.45) is 16.8 Å². The van der Waals surface area contributed by atoms with Gasteiger partial charge in [0.15, 0.2) is 5.17 Å². The molecule has 1 aromatic rings. The molecular formula is C19H24N4OS. The maximum Gasteiger partial charge on any atom is 0.285 e. The van der Waals surface area contributed by atoms with Gasteiger partial charge in [0.2, 0.25) is 0 Å². The zero-order chi connectivity index (χ0) is 17.2. The third kappa shape index (κ3) is 3.66. The van der Waals surface area contributed by atoms with Gasteiger partial charge in [0.05, 0.1) is 10.9 Å². The van der Waals surface area contributed by atoms with Crippen molar-refractivity contribution in [1.29, 1.82) is 0 Å². The van der Waals surface area contributed by atoms with Gasteiger partial charge in [-0.1, -0.05) is 43.3 Å². The predicted octanol–water partition coefficient (Wildman–Crippen LogP) is 2.70. The van der Waals surface area contributed by atoms with Crippen LogP contribution < -0.4 is 10.9 Å². The number of hydrogen-bond donors (Lipinski definition) is 2. The number of carbonyl (C=O) groups is 1. The molecule has 3 aliphatic heterocycles. The number of nitrogens with zero attached hydrogens (tertiary/aromatic N) is 2. The molecule has 132 valence electrons. The van der Waals surface area contributed by atoms with Crippen LogP contribution in [0.2, 0.25) is 0 Å². The van der Waals surface area contributed by atoms with Crippen molar-refractivity contribution in [3.63, 3.8) is 0 Å². The van der Waals surface area contributed by atoms with E-state index in [4.69, 9.17) is 0 Å². The number of aliphatic imine (C=N–C) groups is 1. The number of amidine groups is 1. The number of likely N-dealkylation sites (tertiary alicyclic amines) is 1. The van der Waals surface area contributed by atoms with Crippen LogP contribution in [0.15, 0.2) is 46.3 Å². The molecule has 0 radical (unpaired) electrons. The number of carbonyl (C=O) groups excluding carboxylic acids is 1. The van der Waals surface area contributed by atoms with Crippen molar-refractivity contribution >= 4 is 22.8 Å². The lowest BCUT2D eigenvalue weighted by Crippen LogP contribution is -2.35. The maximum absolute atomic E-state index is 12.4. The lowest BCUT2D eigenvalue weighted by Gasteiger charge is -2.30. The first-order valence-corrected chi connectivity index (χ1v) is 9.83. The molecule has 4 rings (SSSR count). The van der Waals surface area contributed by atoms with Crippen LogP contribution in [0.25, 0.3) is 0 Å². The number of amides is 1. The first kappa shape index (κ1) is 16.8. The van der Waals surface area contributed by atoms with Crippen molar-refractivity contribution < 1.29 is 4.79 Å². The minimum absolute atomic E-state index is 0.0858. The SMILES string of the molecule is CC1CCN(C2=NC(=O)/C(=C/C3CNNC3c3ccccc3)S2)CC1. The summed E-state index contributed by atoms with van der Waals surface area (Å²) in [6.07, 6.45) is 4.46. The van der Waals surface area contributed by atoms with Crippen LogP contribution in [0.1, 0.15) is 31.4 Å². The summed E-state index contributed by atoms with van der Waals surface area (Å²) in [5.74, 6) is 0.929. The van der Waals surface area contributed by atoms with Gasteiger partial charge in [-0.15, -0.1) is 0 Å². The summed E-state index contributed by atoms with van der Waals surface area (Å²) in [4.78, 5) is 19.7. The van der Waals surface area contributed by atoms with Gasteiger partial charge in [-0.25, -0.2) is 5.43 Å². The molecular weight excluding hydrogens is 332 g/mol. The Morgan fingerprint density at radius 1 is 1.24 bits per heavy atom. The van der Waals surface area contributed by atoms with E-state index < -0.39 is 0 Å². The molecule has 0 saturated carbocycles. The molecule has 25 heavy (non-hydrogen) atoms. The van der Waals surface area contributed by atoms with Gasteiger partial charge >= 0.3 is 0 Å². The summed E-state index contributed by atoms with van der Waals surface area (Å²) in [6.45, 7) is 5.12. The van der Waals surface area contributed by atoms with Crippen molar-refractivity contribution in [2.75, 3.05) is 19.6 Å². The number of nitrogens with one attached hydrogen (secondary N) is 2. The summed E-state index contributed by atoms with van der Waals surface area (Å²) < 4.78 is 0. The van der Waals surface area contributed by atoms with Crippen molar-refractivity contribution in [3.8, 4) is 0 Å². The van der Waals surface area contributed by atoms with Crippen LogP contribution in [0.5, 0.6) is 0 Å². The highest BCUT2D eigenvalue weighted by atomic mass is 32.2. The second-order valence-electron chi connectivity index (χ2n) is 7.08. The van der Waals surface area contributed by atoms with Crippen LogP contribution in [0.3, 0.4) is 0 Å². The Hall–Kier alpha value is -1.63. The summed E-state index contributed by atoms with van der Waals surface area (Å²) in [7, 11) is 0. The van der Waals surface area contributed by atoms with E-state index in [0.29, 0.717) is 0 Å². The van der Waals surface area contributed by atoms with Gasteiger partial charge in [-0.2, -0.15) is 4.99 Å². The number of hydrogen-bond acceptors (Lipinski definition) is 5. The smallest absolute Gasteiger partial charge is 0.285 e. The molecule has 2 atom stereocenters. The fourth-order valence-electron chi connectivity index (χ4n) is 3.60. The molecule has 2 N–H and O–H groups in total. The molecule has 0 bridgehead atoms. The number of thioether (sulfide) groups is 1. The zero-order valence-corrected chi connectivity index (χ0v) is 15.3. The fraction of sp³-hybridized carbons (Fsp3) is 0.474. The zero-order valence-electron chi connectivity index (χ0n) is 14.4. The highest BCUT2D eigenvalue weighted by molar-refractivity contribution is 8.18. The second-order valence-corrected chi connectivity index (χ2v) is 8.09. The molecule has 2 saturated heterocycles. The Morgan fingerprint density at radius 3 is 2.76 bits per heavy atom. The lowest BCUT2D eigenvalue weighted by molar-refractivity contribution is -0.113. The van der Waals surface area contributed by atoms with Crippen molar-refractivity contribution in [3.05, 3.63) is 46.9 Å². The molecule has 1 aromatic carbocycles. The van der Waals surface area contributed by atoms with Gasteiger partial charge in [-0.3, -0.25) is 10.2 Å². The van der Waals surface area contributed by atoms with E-state index in [2.05, 4.69) is 45.9 Å². The minimum atomic E-state index is -0.0858. The molecule has 0 spiro atoms. The quantitative estimate of drug-likeness (QED) is 0.798. The van der Waals surface area contributed by atoms with E-state index in [1.54, 1.807) is 11.8 Å². The van der Waals surface area contributed by atoms with E-state index in [0.717, 1.165) is 35.6 Å². The molecule has 1 amide bonds. The van der Waals surface area contributed by atoms with Crippen molar-refractivity contribution in [1.82, 2.24) is 15.8 Å². The summed E-state index contributed by atoms with van der Waals surface area (Å²) in [5.41, 5.74) is 7.79. The van der Waals surface area contributed by atoms with E-state index in [-0.39, 0.29) is 17.9 Å². The van der Waals surface area contributed by atoms with E-state index in [1.165, 1.54) is 18.4 Å². The first-order chi connectivity index (χ1) is 12.2. The molecule has 0 aromatic heterocycles. The third-order valence-corrected chi connectivity index (χ3v) is 6.27. The Kier molecular flexibility index (Phi) is 4.92. The van der Waals surface area contributed by atoms with Crippen LogP contribution in [-0.4, -0.2) is 35.6 Å². The molecule has 5 nitrogen and oxygen atoms in total. The molecule has 2 fully saturated rings. The first-order valence-electron chi connectivity index (χ1n) is 9.01. The minimum Gasteiger partial charge on any atom is -0.351 e. The average molecular weight is 356 g/mol. The summed E-state index contributed by atoms with van der Waals surface area (Å²) >= 11 is 1.54. The Bertz CT molecular complexity index is 695. The van der Waals surface area contributed by atoms with Gasteiger partial charge in [0.25, 0.3) is 5.91 Å². The van der Waals surface area contributed by atoms with Gasteiger partial charge < -0.3 is 4.90 Å². The van der Waals surface area contributed by atoms with Crippen molar-refractivity contribution in [2.45, 2.75) is 25.8 Å². The molecule has 2 unspecified atom stereocenters. The standard InChI is InChI=1S/C19H24N4OS/c1-13-7-9-23(10-8-13)19-21-18(24)16(25-19)11-15-12-20-22-17(15)14-5-3-2-4-6-14/h2-6,11,13,15,17,20,22H,7-10,12H2,1H3/b16-11-.